The number of rotatable bonds is 8. The van der Waals surface area contributed by atoms with Crippen LogP contribution >= 0.6 is 0 Å². The number of ether oxygens (including phenoxy) is 2. The quantitative estimate of drug-likeness (QED) is 0.599. The van der Waals surface area contributed by atoms with Gasteiger partial charge in [-0.1, -0.05) is 12.8 Å². The van der Waals surface area contributed by atoms with Gasteiger partial charge in [-0.15, -0.1) is 0 Å². The first kappa shape index (κ1) is 13.7. The summed E-state index contributed by atoms with van der Waals surface area (Å²) in [7, 11) is 0. The van der Waals surface area contributed by atoms with E-state index in [1.54, 1.807) is 6.92 Å². The predicted octanol–water partition coefficient (Wildman–Crippen LogP) is 3.07. The van der Waals surface area contributed by atoms with Crippen molar-refractivity contribution in [2.24, 2.45) is 0 Å². The van der Waals surface area contributed by atoms with Gasteiger partial charge in [0.15, 0.2) is 6.29 Å². The number of unbranched alkanes of at least 4 members (excludes halogenated alkanes) is 3. The lowest BCUT2D eigenvalue weighted by atomic mass is 10.1. The standard InChI is InChI=1S/C13H24O3/c1-12(14)8-4-2-3-6-10-15-13-9-5-7-11-16-13/h13H,2-11H2,1H3. The minimum Gasteiger partial charge on any atom is -0.353 e. The highest BCUT2D eigenvalue weighted by molar-refractivity contribution is 5.75. The van der Waals surface area contributed by atoms with Gasteiger partial charge in [0.2, 0.25) is 0 Å². The summed E-state index contributed by atoms with van der Waals surface area (Å²) in [5.41, 5.74) is 0. The van der Waals surface area contributed by atoms with Gasteiger partial charge in [-0.2, -0.15) is 0 Å². The van der Waals surface area contributed by atoms with E-state index >= 15 is 0 Å². The molecule has 1 unspecified atom stereocenters. The van der Waals surface area contributed by atoms with Gasteiger partial charge in [-0.25, -0.2) is 0 Å². The van der Waals surface area contributed by atoms with Crippen LogP contribution in [0.4, 0.5) is 0 Å². The largest absolute Gasteiger partial charge is 0.353 e. The van der Waals surface area contributed by atoms with Crippen molar-refractivity contribution in [3.05, 3.63) is 0 Å². The van der Waals surface area contributed by atoms with E-state index in [2.05, 4.69) is 0 Å². The molecular formula is C13H24O3. The summed E-state index contributed by atoms with van der Waals surface area (Å²) in [6.45, 7) is 3.30. The molecule has 0 N–H and O–H groups in total. The molecule has 94 valence electrons. The molecule has 0 radical (unpaired) electrons. The van der Waals surface area contributed by atoms with E-state index in [1.165, 1.54) is 12.8 Å². The summed E-state index contributed by atoms with van der Waals surface area (Å²) in [6.07, 6.45) is 8.61. The van der Waals surface area contributed by atoms with Gasteiger partial charge in [0, 0.05) is 19.6 Å². The number of hydrogen-bond donors (Lipinski definition) is 0. The second kappa shape index (κ2) is 8.71. The van der Waals surface area contributed by atoms with Crippen molar-refractivity contribution in [1.29, 1.82) is 0 Å². The maximum atomic E-state index is 10.7. The van der Waals surface area contributed by atoms with Gasteiger partial charge < -0.3 is 14.3 Å². The summed E-state index contributed by atoms with van der Waals surface area (Å²) in [5, 5.41) is 0. The van der Waals surface area contributed by atoms with Crippen LogP contribution in [-0.4, -0.2) is 25.3 Å². The Hall–Kier alpha value is -0.410. The second-order valence-electron chi connectivity index (χ2n) is 4.53. The normalized spacial score (nSPS) is 20.9. The average molecular weight is 228 g/mol. The lowest BCUT2D eigenvalue weighted by Gasteiger charge is -2.22. The van der Waals surface area contributed by atoms with E-state index in [0.29, 0.717) is 5.78 Å². The fraction of sp³-hybridized carbons (Fsp3) is 0.923. The van der Waals surface area contributed by atoms with Gasteiger partial charge >= 0.3 is 0 Å². The highest BCUT2D eigenvalue weighted by Gasteiger charge is 2.13. The first-order valence-electron chi connectivity index (χ1n) is 6.51. The highest BCUT2D eigenvalue weighted by Crippen LogP contribution is 2.14. The van der Waals surface area contributed by atoms with E-state index in [4.69, 9.17) is 9.47 Å². The molecular weight excluding hydrogens is 204 g/mol. The van der Waals surface area contributed by atoms with Crippen molar-refractivity contribution in [3.63, 3.8) is 0 Å². The molecule has 1 aliphatic heterocycles. The molecule has 1 atom stereocenters. The Kier molecular flexibility index (Phi) is 7.43. The highest BCUT2D eigenvalue weighted by atomic mass is 16.7. The van der Waals surface area contributed by atoms with Gasteiger partial charge in [0.05, 0.1) is 0 Å². The van der Waals surface area contributed by atoms with Gasteiger partial charge in [0.1, 0.15) is 5.78 Å². The Bertz CT molecular complexity index is 186. The summed E-state index contributed by atoms with van der Waals surface area (Å²) in [4.78, 5) is 10.7. The van der Waals surface area contributed by atoms with Crippen LogP contribution in [0.2, 0.25) is 0 Å². The zero-order valence-electron chi connectivity index (χ0n) is 10.4. The Morgan fingerprint density at radius 3 is 2.75 bits per heavy atom. The third kappa shape index (κ3) is 6.96. The van der Waals surface area contributed by atoms with E-state index in [1.807, 2.05) is 0 Å². The molecule has 0 aromatic rings. The molecule has 1 heterocycles. The predicted molar refractivity (Wildman–Crippen MR) is 63.3 cm³/mol. The Labute approximate surface area is 98.5 Å². The summed E-state index contributed by atoms with van der Waals surface area (Å²) in [6, 6.07) is 0. The Balaban J connectivity index is 1.82. The van der Waals surface area contributed by atoms with Crippen molar-refractivity contribution in [3.8, 4) is 0 Å². The molecule has 1 fully saturated rings. The zero-order valence-corrected chi connectivity index (χ0v) is 10.4. The topological polar surface area (TPSA) is 35.5 Å². The van der Waals surface area contributed by atoms with Gasteiger partial charge in [0.25, 0.3) is 0 Å². The van der Waals surface area contributed by atoms with Crippen LogP contribution < -0.4 is 0 Å². The molecule has 1 aliphatic rings. The molecule has 16 heavy (non-hydrogen) atoms. The van der Waals surface area contributed by atoms with Crippen molar-refractivity contribution in [2.75, 3.05) is 13.2 Å². The van der Waals surface area contributed by atoms with Crippen LogP contribution in [-0.2, 0) is 14.3 Å². The number of hydrogen-bond acceptors (Lipinski definition) is 3. The molecule has 1 saturated heterocycles. The van der Waals surface area contributed by atoms with Crippen LogP contribution in [0.25, 0.3) is 0 Å². The molecule has 0 saturated carbocycles. The molecule has 1 rings (SSSR count). The molecule has 0 bridgehead atoms. The first-order chi connectivity index (χ1) is 7.79. The van der Waals surface area contributed by atoms with Crippen molar-refractivity contribution < 1.29 is 14.3 Å². The molecule has 0 aromatic heterocycles. The van der Waals surface area contributed by atoms with Crippen molar-refractivity contribution in [2.45, 2.75) is 64.6 Å². The van der Waals surface area contributed by atoms with Crippen LogP contribution in [0, 0.1) is 0 Å². The van der Waals surface area contributed by atoms with Crippen molar-refractivity contribution in [1.82, 2.24) is 0 Å². The lowest BCUT2D eigenvalue weighted by molar-refractivity contribution is -0.162. The second-order valence-corrected chi connectivity index (χ2v) is 4.53. The number of carbonyl (C=O) groups is 1. The van der Waals surface area contributed by atoms with Crippen LogP contribution in [0.5, 0.6) is 0 Å². The first-order valence-corrected chi connectivity index (χ1v) is 6.51. The number of carbonyl (C=O) groups excluding carboxylic acids is 1. The van der Waals surface area contributed by atoms with E-state index in [0.717, 1.165) is 51.7 Å². The Morgan fingerprint density at radius 2 is 2.06 bits per heavy atom. The molecule has 0 spiro atoms. The summed E-state index contributed by atoms with van der Waals surface area (Å²) in [5.74, 6) is 0.298. The molecule has 0 amide bonds. The van der Waals surface area contributed by atoms with Crippen LogP contribution in [0.15, 0.2) is 0 Å². The monoisotopic (exact) mass is 228 g/mol. The van der Waals surface area contributed by atoms with E-state index < -0.39 is 0 Å². The van der Waals surface area contributed by atoms with Gasteiger partial charge in [-0.3, -0.25) is 0 Å². The van der Waals surface area contributed by atoms with E-state index in [-0.39, 0.29) is 6.29 Å². The third-order valence-electron chi connectivity index (χ3n) is 2.86. The van der Waals surface area contributed by atoms with Gasteiger partial charge in [-0.05, 0) is 39.0 Å². The SMILES string of the molecule is CC(=O)CCCCCCOC1CCCCO1. The zero-order chi connectivity index (χ0) is 11.6. The molecule has 0 aliphatic carbocycles. The summed E-state index contributed by atoms with van der Waals surface area (Å²) < 4.78 is 11.1. The minimum atomic E-state index is 0.0472. The number of ketones is 1. The molecule has 3 heteroatoms. The maximum Gasteiger partial charge on any atom is 0.157 e. The smallest absolute Gasteiger partial charge is 0.157 e. The number of Topliss-reactive ketones (excluding diaryl/α,β-unsaturated/α-hetero) is 1. The lowest BCUT2D eigenvalue weighted by Crippen LogP contribution is -2.22. The van der Waals surface area contributed by atoms with E-state index in [9.17, 15) is 4.79 Å². The van der Waals surface area contributed by atoms with Crippen LogP contribution in [0.1, 0.15) is 58.3 Å². The fourth-order valence-corrected chi connectivity index (χ4v) is 1.89. The fourth-order valence-electron chi connectivity index (χ4n) is 1.89. The van der Waals surface area contributed by atoms with Crippen molar-refractivity contribution >= 4 is 5.78 Å². The average Bonchev–Trinajstić information content (AvgIpc) is 2.29. The Morgan fingerprint density at radius 1 is 1.25 bits per heavy atom. The molecule has 3 nitrogen and oxygen atoms in total. The molecule has 0 aromatic carbocycles. The minimum absolute atomic E-state index is 0.0472. The maximum absolute atomic E-state index is 10.7. The summed E-state index contributed by atoms with van der Waals surface area (Å²) >= 11 is 0. The third-order valence-corrected chi connectivity index (χ3v) is 2.86. The van der Waals surface area contributed by atoms with Crippen LogP contribution in [0.3, 0.4) is 0 Å².